The van der Waals surface area contributed by atoms with Gasteiger partial charge in [-0.15, -0.1) is 0 Å². The van der Waals surface area contributed by atoms with E-state index in [4.69, 9.17) is 14.2 Å². The van der Waals surface area contributed by atoms with Gasteiger partial charge in [0.05, 0.1) is 12.7 Å². The van der Waals surface area contributed by atoms with Crippen LogP contribution < -0.4 is 5.32 Å². The van der Waals surface area contributed by atoms with Crippen molar-refractivity contribution in [2.75, 3.05) is 6.61 Å². The first kappa shape index (κ1) is 28.2. The zero-order valence-electron chi connectivity index (χ0n) is 26.1. The third-order valence-electron chi connectivity index (χ3n) is 13.7. The van der Waals surface area contributed by atoms with Gasteiger partial charge in [-0.25, -0.2) is 4.79 Å². The fourth-order valence-electron chi connectivity index (χ4n) is 11.4. The summed E-state index contributed by atoms with van der Waals surface area (Å²) in [5.41, 5.74) is 3.09. The lowest BCUT2D eigenvalue weighted by Crippen LogP contribution is -2.55. The fraction of sp³-hybridized carbons (Fsp3) is 0.806. The lowest BCUT2D eigenvalue weighted by atomic mass is 9.44. The standard InChI is InChI=1S/C36H53NO4/c1-22-6-8-25(9-7-22)20-37-33(38)40-27-13-15-34(4)26(18-27)10-11-28-29(34)14-16-35(5)30(28)19-31-32(35)24(3)36(41-31)17-12-23(2)21-39-36/h6-9,23-24,26-32H,10-21H2,1-5H3,(H,37,38)/t23-,24+,26-,27+,28-,29+,30+,31+,32+,34+,35+,36-/m1/s1. The second-order valence-corrected chi connectivity index (χ2v) is 15.8. The van der Waals surface area contributed by atoms with E-state index in [9.17, 15) is 4.79 Å². The molecule has 4 aliphatic carbocycles. The van der Waals surface area contributed by atoms with Gasteiger partial charge in [0.2, 0.25) is 0 Å². The quantitative estimate of drug-likeness (QED) is 0.404. The van der Waals surface area contributed by atoms with E-state index in [1.54, 1.807) is 0 Å². The van der Waals surface area contributed by atoms with Crippen LogP contribution in [-0.4, -0.2) is 30.7 Å². The number of rotatable bonds is 3. The number of carbonyl (C=O) groups excluding carboxylic acids is 1. The Morgan fingerprint density at radius 1 is 0.951 bits per heavy atom. The summed E-state index contributed by atoms with van der Waals surface area (Å²) in [7, 11) is 0. The van der Waals surface area contributed by atoms with Crippen LogP contribution in [0, 0.1) is 59.2 Å². The van der Waals surface area contributed by atoms with Crippen LogP contribution in [0.15, 0.2) is 24.3 Å². The topological polar surface area (TPSA) is 56.8 Å². The monoisotopic (exact) mass is 563 g/mol. The molecule has 1 aromatic rings. The minimum Gasteiger partial charge on any atom is -0.446 e. The van der Waals surface area contributed by atoms with E-state index in [1.165, 1.54) is 50.5 Å². The molecule has 4 saturated carbocycles. The Bertz CT molecular complexity index is 1130. The zero-order valence-corrected chi connectivity index (χ0v) is 26.1. The number of amides is 1. The molecule has 2 aliphatic heterocycles. The van der Waals surface area contributed by atoms with Gasteiger partial charge in [0.1, 0.15) is 6.10 Å². The molecule has 0 radical (unpaired) electrons. The molecule has 1 N–H and O–H groups in total. The molecule has 2 saturated heterocycles. The highest BCUT2D eigenvalue weighted by atomic mass is 16.7. The Labute approximate surface area is 247 Å². The van der Waals surface area contributed by atoms with Crippen molar-refractivity contribution in [2.45, 2.75) is 123 Å². The summed E-state index contributed by atoms with van der Waals surface area (Å²) in [6, 6.07) is 8.31. The van der Waals surface area contributed by atoms with Crippen molar-refractivity contribution in [1.82, 2.24) is 5.32 Å². The van der Waals surface area contributed by atoms with Crippen LogP contribution in [0.2, 0.25) is 0 Å². The van der Waals surface area contributed by atoms with Crippen LogP contribution in [0.3, 0.4) is 0 Å². The second-order valence-electron chi connectivity index (χ2n) is 15.8. The molecule has 5 heteroatoms. The number of alkyl carbamates (subject to hydrolysis) is 1. The summed E-state index contributed by atoms with van der Waals surface area (Å²) in [5.74, 6) is 4.51. The van der Waals surface area contributed by atoms with E-state index < -0.39 is 0 Å². The van der Waals surface area contributed by atoms with Gasteiger partial charge < -0.3 is 19.5 Å². The molecule has 6 fully saturated rings. The molecule has 1 spiro atoms. The first-order valence-corrected chi connectivity index (χ1v) is 16.9. The lowest BCUT2D eigenvalue weighted by Gasteiger charge is -2.61. The molecule has 7 rings (SSSR count). The summed E-state index contributed by atoms with van der Waals surface area (Å²) in [6.45, 7) is 13.5. The van der Waals surface area contributed by atoms with E-state index in [0.29, 0.717) is 47.2 Å². The van der Waals surface area contributed by atoms with Gasteiger partial charge in [-0.2, -0.15) is 0 Å². The summed E-state index contributed by atoms with van der Waals surface area (Å²) in [5, 5.41) is 2.99. The minimum atomic E-state index is -0.318. The number of fused-ring (bicyclic) bond motifs is 7. The number of aryl methyl sites for hydroxylation is 1. The van der Waals surface area contributed by atoms with E-state index >= 15 is 0 Å². The number of nitrogens with one attached hydrogen (secondary N) is 1. The molecule has 226 valence electrons. The lowest BCUT2D eigenvalue weighted by molar-refractivity contribution is -0.273. The molecule has 6 aliphatic rings. The molecular formula is C36H53NO4. The van der Waals surface area contributed by atoms with Crippen LogP contribution in [-0.2, 0) is 20.8 Å². The van der Waals surface area contributed by atoms with E-state index in [0.717, 1.165) is 49.2 Å². The van der Waals surface area contributed by atoms with Crippen molar-refractivity contribution in [3.8, 4) is 0 Å². The maximum Gasteiger partial charge on any atom is 0.407 e. The first-order valence-electron chi connectivity index (χ1n) is 16.9. The van der Waals surface area contributed by atoms with Crippen LogP contribution in [0.5, 0.6) is 0 Å². The number of ether oxygens (including phenoxy) is 3. The number of benzene rings is 1. The smallest absolute Gasteiger partial charge is 0.407 e. The predicted octanol–water partition coefficient (Wildman–Crippen LogP) is 8.04. The molecule has 0 aromatic heterocycles. The number of carbonyl (C=O) groups is 1. The molecule has 5 nitrogen and oxygen atoms in total. The molecule has 0 bridgehead atoms. The molecule has 1 amide bonds. The molecule has 41 heavy (non-hydrogen) atoms. The highest BCUT2D eigenvalue weighted by molar-refractivity contribution is 5.67. The van der Waals surface area contributed by atoms with Crippen LogP contribution in [0.1, 0.15) is 103 Å². The van der Waals surface area contributed by atoms with Crippen LogP contribution in [0.25, 0.3) is 0 Å². The molecule has 12 atom stereocenters. The van der Waals surface area contributed by atoms with Gasteiger partial charge in [-0.05, 0) is 117 Å². The Morgan fingerprint density at radius 2 is 1.73 bits per heavy atom. The van der Waals surface area contributed by atoms with Crippen LogP contribution in [0.4, 0.5) is 4.79 Å². The second kappa shape index (κ2) is 10.3. The number of hydrogen-bond donors (Lipinski definition) is 1. The fourth-order valence-corrected chi connectivity index (χ4v) is 11.4. The van der Waals surface area contributed by atoms with E-state index in [2.05, 4.69) is 64.2 Å². The maximum absolute atomic E-state index is 12.7. The van der Waals surface area contributed by atoms with Crippen LogP contribution >= 0.6 is 0 Å². The van der Waals surface area contributed by atoms with Gasteiger partial charge >= 0.3 is 6.09 Å². The van der Waals surface area contributed by atoms with Gasteiger partial charge in [-0.3, -0.25) is 0 Å². The van der Waals surface area contributed by atoms with Gasteiger partial charge in [0, 0.05) is 18.9 Å². The third-order valence-corrected chi connectivity index (χ3v) is 13.7. The predicted molar refractivity (Wildman–Crippen MR) is 160 cm³/mol. The average molecular weight is 564 g/mol. The first-order chi connectivity index (χ1) is 19.6. The third kappa shape index (κ3) is 4.58. The average Bonchev–Trinajstić information content (AvgIpc) is 3.40. The van der Waals surface area contributed by atoms with E-state index in [-0.39, 0.29) is 18.0 Å². The van der Waals surface area contributed by atoms with Crippen molar-refractivity contribution in [2.24, 2.45) is 52.3 Å². The number of hydrogen-bond acceptors (Lipinski definition) is 4. The molecular weight excluding hydrogens is 510 g/mol. The highest BCUT2D eigenvalue weighted by Crippen LogP contribution is 2.71. The molecule has 0 unspecified atom stereocenters. The van der Waals surface area contributed by atoms with Crippen molar-refractivity contribution < 1.29 is 19.0 Å². The van der Waals surface area contributed by atoms with Gasteiger partial charge in [0.25, 0.3) is 0 Å². The van der Waals surface area contributed by atoms with Crippen molar-refractivity contribution in [1.29, 1.82) is 0 Å². The summed E-state index contributed by atoms with van der Waals surface area (Å²) >= 11 is 0. The Morgan fingerprint density at radius 3 is 2.49 bits per heavy atom. The maximum atomic E-state index is 12.7. The zero-order chi connectivity index (χ0) is 28.6. The summed E-state index contributed by atoms with van der Waals surface area (Å²) < 4.78 is 19.5. The largest absolute Gasteiger partial charge is 0.446 e. The summed E-state index contributed by atoms with van der Waals surface area (Å²) in [4.78, 5) is 12.7. The SMILES string of the molecule is Cc1ccc(CNC(=O)O[C@H]2CC[C@@]3(C)[C@H](CC[C@@H]4[C@@H]3CC[C@]3(C)[C@@H]5[C@H](C[C@@H]43)O[C@]3(CC[C@@H](C)CO3)[C@H]5C)C2)cc1. The Balaban J connectivity index is 0.982. The Hall–Kier alpha value is -1.59. The van der Waals surface area contributed by atoms with E-state index in [1.807, 2.05) is 0 Å². The van der Waals surface area contributed by atoms with Gasteiger partial charge in [0.15, 0.2) is 5.79 Å². The van der Waals surface area contributed by atoms with Gasteiger partial charge in [-0.1, -0.05) is 57.5 Å². The molecule has 2 heterocycles. The summed E-state index contributed by atoms with van der Waals surface area (Å²) in [6.07, 6.45) is 12.2. The highest BCUT2D eigenvalue weighted by Gasteiger charge is 2.69. The van der Waals surface area contributed by atoms with Crippen molar-refractivity contribution >= 4 is 6.09 Å². The Kier molecular flexibility index (Phi) is 7.05. The normalized spacial score (nSPS) is 48.6. The van der Waals surface area contributed by atoms with Crippen molar-refractivity contribution in [3.05, 3.63) is 35.4 Å². The van der Waals surface area contributed by atoms with Crippen molar-refractivity contribution in [3.63, 3.8) is 0 Å². The molecule has 1 aromatic carbocycles. The minimum absolute atomic E-state index is 0.0472.